The highest BCUT2D eigenvalue weighted by atomic mass is 35.5. The van der Waals surface area contributed by atoms with Crippen molar-refractivity contribution in [1.82, 2.24) is 10.2 Å². The van der Waals surface area contributed by atoms with Crippen LogP contribution in [-0.4, -0.2) is 51.4 Å². The number of aryl methyl sites for hydroxylation is 1. The largest absolute Gasteiger partial charge is 0.495 e. The van der Waals surface area contributed by atoms with Gasteiger partial charge < -0.3 is 15.0 Å². The summed E-state index contributed by atoms with van der Waals surface area (Å²) in [7, 11) is -2.86. The molecule has 0 spiro atoms. The number of amides is 2. The van der Waals surface area contributed by atoms with Crippen molar-refractivity contribution in [2.24, 2.45) is 5.92 Å². The fourth-order valence-electron chi connectivity index (χ4n) is 4.03. The van der Waals surface area contributed by atoms with Gasteiger partial charge in [0, 0.05) is 23.1 Å². The Hall–Kier alpha value is -3.27. The van der Waals surface area contributed by atoms with Crippen molar-refractivity contribution < 1.29 is 22.7 Å². The maximum absolute atomic E-state index is 14.0. The monoisotopic (exact) mass is 619 g/mol. The maximum Gasteiger partial charge on any atom is 0.264 e. The predicted octanol–water partition coefficient (Wildman–Crippen LogP) is 5.70. The van der Waals surface area contributed by atoms with Crippen LogP contribution in [0, 0.1) is 12.8 Å². The minimum atomic E-state index is -4.27. The third-order valence-electron chi connectivity index (χ3n) is 6.42. The molecule has 0 saturated heterocycles. The summed E-state index contributed by atoms with van der Waals surface area (Å²) in [5.74, 6) is -0.527. The third-order valence-corrected chi connectivity index (χ3v) is 8.68. The highest BCUT2D eigenvalue weighted by Crippen LogP contribution is 2.35. The van der Waals surface area contributed by atoms with E-state index >= 15 is 0 Å². The van der Waals surface area contributed by atoms with Gasteiger partial charge in [-0.05, 0) is 67.8 Å². The molecule has 1 unspecified atom stereocenters. The van der Waals surface area contributed by atoms with E-state index in [1.807, 2.05) is 20.8 Å². The Morgan fingerprint density at radius 2 is 1.54 bits per heavy atom. The molecule has 220 valence electrons. The molecule has 0 bridgehead atoms. The predicted molar refractivity (Wildman–Crippen MR) is 163 cm³/mol. The van der Waals surface area contributed by atoms with Crippen molar-refractivity contribution in [3.8, 4) is 5.75 Å². The van der Waals surface area contributed by atoms with E-state index in [1.165, 1.54) is 36.3 Å². The Bertz CT molecular complexity index is 1460. The van der Waals surface area contributed by atoms with Gasteiger partial charge in [-0.25, -0.2) is 8.42 Å². The Kier molecular flexibility index (Phi) is 11.1. The lowest BCUT2D eigenvalue weighted by Gasteiger charge is -2.32. The number of halogens is 2. The number of carbonyl (C=O) groups is 2. The zero-order valence-electron chi connectivity index (χ0n) is 23.7. The summed E-state index contributed by atoms with van der Waals surface area (Å²) >= 11 is 12.3. The first kappa shape index (κ1) is 32.2. The second-order valence-electron chi connectivity index (χ2n) is 10.1. The molecule has 0 aliphatic carbocycles. The van der Waals surface area contributed by atoms with Crippen molar-refractivity contribution in [2.75, 3.05) is 24.5 Å². The van der Waals surface area contributed by atoms with Gasteiger partial charge in [-0.15, -0.1) is 0 Å². The normalized spacial score (nSPS) is 12.1. The highest BCUT2D eigenvalue weighted by molar-refractivity contribution is 7.92. The molecule has 0 aromatic heterocycles. The van der Waals surface area contributed by atoms with Gasteiger partial charge >= 0.3 is 0 Å². The van der Waals surface area contributed by atoms with E-state index in [1.54, 1.807) is 49.4 Å². The molecule has 0 saturated carbocycles. The van der Waals surface area contributed by atoms with Crippen molar-refractivity contribution in [3.05, 3.63) is 87.9 Å². The summed E-state index contributed by atoms with van der Waals surface area (Å²) in [6.45, 7) is 7.27. The van der Waals surface area contributed by atoms with E-state index in [0.29, 0.717) is 11.6 Å². The van der Waals surface area contributed by atoms with Crippen LogP contribution < -0.4 is 14.4 Å². The Balaban J connectivity index is 2.08. The van der Waals surface area contributed by atoms with Gasteiger partial charge in [0.15, 0.2) is 0 Å². The number of anilines is 1. The van der Waals surface area contributed by atoms with Crippen LogP contribution in [0.3, 0.4) is 0 Å². The average Bonchev–Trinajstić information content (AvgIpc) is 2.93. The number of sulfonamides is 1. The molecule has 8 nitrogen and oxygen atoms in total. The van der Waals surface area contributed by atoms with Gasteiger partial charge in [-0.1, -0.05) is 66.9 Å². The molecular weight excluding hydrogens is 585 g/mol. The van der Waals surface area contributed by atoms with Gasteiger partial charge in [0.2, 0.25) is 11.8 Å². The lowest BCUT2D eigenvalue weighted by atomic mass is 10.1. The Morgan fingerprint density at radius 3 is 2.12 bits per heavy atom. The topological polar surface area (TPSA) is 96.0 Å². The number of ether oxygens (including phenoxy) is 1. The van der Waals surface area contributed by atoms with Crippen LogP contribution in [0.15, 0.2) is 71.6 Å². The van der Waals surface area contributed by atoms with Crippen LogP contribution in [0.25, 0.3) is 0 Å². The summed E-state index contributed by atoms with van der Waals surface area (Å²) in [6, 6.07) is 16.8. The van der Waals surface area contributed by atoms with Gasteiger partial charge in [0.1, 0.15) is 18.3 Å². The van der Waals surface area contributed by atoms with E-state index in [9.17, 15) is 18.0 Å². The van der Waals surface area contributed by atoms with Crippen molar-refractivity contribution in [1.29, 1.82) is 0 Å². The molecule has 3 aromatic carbocycles. The van der Waals surface area contributed by atoms with Gasteiger partial charge in [0.05, 0.1) is 17.7 Å². The summed E-state index contributed by atoms with van der Waals surface area (Å²) in [6.07, 6.45) is 0. The minimum Gasteiger partial charge on any atom is -0.495 e. The lowest BCUT2D eigenvalue weighted by molar-refractivity contribution is -0.139. The fraction of sp³-hybridized carbons (Fsp3) is 0.333. The van der Waals surface area contributed by atoms with Crippen molar-refractivity contribution in [2.45, 2.75) is 45.2 Å². The first-order valence-electron chi connectivity index (χ1n) is 13.1. The number of rotatable bonds is 12. The zero-order chi connectivity index (χ0) is 30.3. The number of hydrogen-bond acceptors (Lipinski definition) is 5. The van der Waals surface area contributed by atoms with E-state index < -0.39 is 28.5 Å². The SMILES string of the molecule is COc1ccc(Cl)cc1N(CC(=O)N(Cc1ccc(Cl)cc1)C(C)C(=O)NCC(C)C)S(=O)(=O)c1ccc(C)cc1. The molecule has 0 aliphatic rings. The van der Waals surface area contributed by atoms with E-state index in [2.05, 4.69) is 5.32 Å². The van der Waals surface area contributed by atoms with Crippen molar-refractivity contribution in [3.63, 3.8) is 0 Å². The second kappa shape index (κ2) is 14.1. The molecule has 0 aliphatic heterocycles. The molecule has 0 radical (unpaired) electrons. The molecular formula is C30H35Cl2N3O5S. The van der Waals surface area contributed by atoms with Crippen LogP contribution in [0.2, 0.25) is 10.0 Å². The van der Waals surface area contributed by atoms with Crippen LogP contribution in [0.1, 0.15) is 31.9 Å². The number of carbonyl (C=O) groups excluding carboxylic acids is 2. The number of methoxy groups -OCH3 is 1. The van der Waals surface area contributed by atoms with Crippen LogP contribution in [-0.2, 0) is 26.2 Å². The van der Waals surface area contributed by atoms with Gasteiger partial charge in [-0.3, -0.25) is 13.9 Å². The summed E-state index contributed by atoms with van der Waals surface area (Å²) in [5, 5.41) is 3.65. The molecule has 0 heterocycles. The maximum atomic E-state index is 14.0. The summed E-state index contributed by atoms with van der Waals surface area (Å²) < 4.78 is 34.5. The highest BCUT2D eigenvalue weighted by Gasteiger charge is 2.34. The Labute approximate surface area is 252 Å². The number of hydrogen-bond donors (Lipinski definition) is 1. The third kappa shape index (κ3) is 8.38. The summed E-state index contributed by atoms with van der Waals surface area (Å²) in [4.78, 5) is 28.5. The Morgan fingerprint density at radius 1 is 0.927 bits per heavy atom. The minimum absolute atomic E-state index is 0.00935. The standard InChI is InChI=1S/C30H35Cl2N3O5S/c1-20(2)17-33-30(37)22(4)34(18-23-8-10-24(31)11-9-23)29(36)19-35(27-16-25(32)12-15-28(27)40-5)41(38,39)26-13-6-21(3)7-14-26/h6-16,20,22H,17-19H2,1-5H3,(H,33,37). The number of benzene rings is 3. The summed E-state index contributed by atoms with van der Waals surface area (Å²) in [5.41, 5.74) is 1.69. The lowest BCUT2D eigenvalue weighted by Crippen LogP contribution is -2.51. The molecule has 2 amide bonds. The first-order chi connectivity index (χ1) is 19.3. The fourth-order valence-corrected chi connectivity index (χ4v) is 5.74. The van der Waals surface area contributed by atoms with E-state index in [4.69, 9.17) is 27.9 Å². The second-order valence-corrected chi connectivity index (χ2v) is 12.8. The van der Waals surface area contributed by atoms with Crippen LogP contribution in [0.4, 0.5) is 5.69 Å². The average molecular weight is 621 g/mol. The molecule has 41 heavy (non-hydrogen) atoms. The van der Waals surface area contributed by atoms with E-state index in [-0.39, 0.29) is 39.7 Å². The molecule has 3 aromatic rings. The molecule has 1 N–H and O–H groups in total. The van der Waals surface area contributed by atoms with Crippen molar-refractivity contribution >= 4 is 50.7 Å². The molecule has 0 fully saturated rings. The number of nitrogens with one attached hydrogen (secondary N) is 1. The quantitative estimate of drug-likeness (QED) is 0.281. The van der Waals surface area contributed by atoms with Gasteiger partial charge in [0.25, 0.3) is 10.0 Å². The van der Waals surface area contributed by atoms with Crippen LogP contribution in [0.5, 0.6) is 5.75 Å². The van der Waals surface area contributed by atoms with Gasteiger partial charge in [-0.2, -0.15) is 0 Å². The zero-order valence-corrected chi connectivity index (χ0v) is 26.1. The smallest absolute Gasteiger partial charge is 0.264 e. The molecule has 3 rings (SSSR count). The first-order valence-corrected chi connectivity index (χ1v) is 15.3. The molecule has 1 atom stereocenters. The number of nitrogens with zero attached hydrogens (tertiary/aromatic N) is 2. The van der Waals surface area contributed by atoms with Crippen LogP contribution >= 0.6 is 23.2 Å². The van der Waals surface area contributed by atoms with E-state index in [0.717, 1.165) is 15.4 Å². The molecule has 11 heteroatoms.